The Bertz CT molecular complexity index is 879. The molecule has 0 saturated carbocycles. The number of hydrogen-bond acceptors (Lipinski definition) is 6. The number of ether oxygens (including phenoxy) is 1. The Morgan fingerprint density at radius 2 is 2.16 bits per heavy atom. The van der Waals surface area contributed by atoms with Crippen LogP contribution < -0.4 is 0 Å². The second-order valence-electron chi connectivity index (χ2n) is 6.85. The molecule has 9 heteroatoms. The molecule has 2 fully saturated rings. The average molecular weight is 345 g/mol. The first-order valence-electron chi connectivity index (χ1n) is 8.22. The van der Waals surface area contributed by atoms with E-state index in [2.05, 4.69) is 15.1 Å². The number of aromatic nitrogens is 4. The zero-order valence-corrected chi connectivity index (χ0v) is 14.1. The fraction of sp³-hybridized carbons (Fsp3) is 0.562. The second kappa shape index (κ2) is 5.48. The molecule has 0 bridgehead atoms. The first-order chi connectivity index (χ1) is 11.9. The predicted molar refractivity (Wildman–Crippen MR) is 85.2 cm³/mol. The summed E-state index contributed by atoms with van der Waals surface area (Å²) in [5, 5.41) is 14.0. The molecule has 0 aromatic carbocycles. The van der Waals surface area contributed by atoms with Crippen LogP contribution in [0.3, 0.4) is 0 Å². The van der Waals surface area contributed by atoms with Gasteiger partial charge < -0.3 is 14.7 Å². The number of nitrogens with zero attached hydrogens (tertiary/aromatic N) is 5. The monoisotopic (exact) mass is 345 g/mol. The van der Waals surface area contributed by atoms with Gasteiger partial charge in [0.2, 0.25) is 5.82 Å². The molecule has 0 aliphatic carbocycles. The SMILES string of the molecule is Cc1cc(C)n2nc(C(=O)N3C[C@H]4COCC[C@@]4(C(=O)O)C3)nc2n1. The normalized spacial score (nSPS) is 26.0. The summed E-state index contributed by atoms with van der Waals surface area (Å²) in [6.07, 6.45) is 0.412. The molecular formula is C16H19N5O4. The molecule has 9 nitrogen and oxygen atoms in total. The van der Waals surface area contributed by atoms with Crippen molar-refractivity contribution in [2.24, 2.45) is 11.3 Å². The van der Waals surface area contributed by atoms with Crippen molar-refractivity contribution in [1.29, 1.82) is 0 Å². The number of rotatable bonds is 2. The summed E-state index contributed by atoms with van der Waals surface area (Å²) in [4.78, 5) is 34.7. The number of carbonyl (C=O) groups is 2. The standard InChI is InChI=1S/C16H19N5O4/c1-9-5-10(2)21-15(17-9)18-12(19-21)13(22)20-6-11-7-25-4-3-16(11,8-20)14(23)24/h5,11H,3-4,6-8H2,1-2H3,(H,23,24)/t11-,16+/m0/s1. The number of hydrogen-bond donors (Lipinski definition) is 1. The number of aliphatic carboxylic acids is 1. The van der Waals surface area contributed by atoms with E-state index in [4.69, 9.17) is 4.74 Å². The minimum atomic E-state index is -0.933. The molecule has 2 saturated heterocycles. The highest BCUT2D eigenvalue weighted by Gasteiger charge is 2.55. The van der Waals surface area contributed by atoms with Crippen LogP contribution in [0.1, 0.15) is 28.4 Å². The number of carboxylic acids is 1. The Morgan fingerprint density at radius 3 is 2.88 bits per heavy atom. The van der Waals surface area contributed by atoms with Gasteiger partial charge in [-0.25, -0.2) is 9.50 Å². The van der Waals surface area contributed by atoms with Crippen molar-refractivity contribution in [3.05, 3.63) is 23.3 Å². The largest absolute Gasteiger partial charge is 0.481 e. The lowest BCUT2D eigenvalue weighted by Gasteiger charge is -2.33. The number of likely N-dealkylation sites (tertiary alicyclic amines) is 1. The van der Waals surface area contributed by atoms with Gasteiger partial charge in [0, 0.05) is 37.0 Å². The van der Waals surface area contributed by atoms with Crippen LogP contribution in [0.15, 0.2) is 6.07 Å². The van der Waals surface area contributed by atoms with E-state index in [1.54, 1.807) is 0 Å². The van der Waals surface area contributed by atoms with Crippen molar-refractivity contribution in [3.63, 3.8) is 0 Å². The van der Waals surface area contributed by atoms with Crippen LogP contribution in [-0.4, -0.2) is 67.8 Å². The van der Waals surface area contributed by atoms with Crippen molar-refractivity contribution in [2.45, 2.75) is 20.3 Å². The van der Waals surface area contributed by atoms with Crippen molar-refractivity contribution in [2.75, 3.05) is 26.3 Å². The minimum absolute atomic E-state index is 0.0429. The maximum atomic E-state index is 12.8. The fourth-order valence-electron chi connectivity index (χ4n) is 3.85. The average Bonchev–Trinajstić information content (AvgIpc) is 3.16. The van der Waals surface area contributed by atoms with Crippen LogP contribution in [0.2, 0.25) is 0 Å². The molecule has 4 rings (SSSR count). The van der Waals surface area contributed by atoms with Crippen molar-refractivity contribution >= 4 is 17.7 Å². The Morgan fingerprint density at radius 1 is 1.36 bits per heavy atom. The van der Waals surface area contributed by atoms with E-state index in [1.807, 2.05) is 19.9 Å². The summed E-state index contributed by atoms with van der Waals surface area (Å²) in [6.45, 7) is 4.98. The van der Waals surface area contributed by atoms with Crippen LogP contribution >= 0.6 is 0 Å². The second-order valence-corrected chi connectivity index (χ2v) is 6.85. The highest BCUT2D eigenvalue weighted by atomic mass is 16.5. The van der Waals surface area contributed by atoms with Gasteiger partial charge in [0.15, 0.2) is 0 Å². The molecule has 4 heterocycles. The van der Waals surface area contributed by atoms with Crippen LogP contribution in [0.5, 0.6) is 0 Å². The van der Waals surface area contributed by atoms with Gasteiger partial charge in [0.1, 0.15) is 0 Å². The van der Waals surface area contributed by atoms with Gasteiger partial charge in [-0.3, -0.25) is 9.59 Å². The molecule has 2 aromatic heterocycles. The number of fused-ring (bicyclic) bond motifs is 2. The molecular weight excluding hydrogens is 326 g/mol. The Hall–Kier alpha value is -2.55. The number of aryl methyl sites for hydroxylation is 2. The molecule has 1 amide bonds. The summed E-state index contributed by atoms with van der Waals surface area (Å²) >= 11 is 0. The Labute approximate surface area is 143 Å². The third-order valence-electron chi connectivity index (χ3n) is 5.23. The smallest absolute Gasteiger partial charge is 0.311 e. The van der Waals surface area contributed by atoms with E-state index in [0.717, 1.165) is 11.4 Å². The molecule has 2 aliphatic rings. The molecule has 2 aromatic rings. The lowest BCUT2D eigenvalue weighted by molar-refractivity contribution is -0.157. The van der Waals surface area contributed by atoms with E-state index in [0.29, 0.717) is 32.0 Å². The van der Waals surface area contributed by atoms with Crippen LogP contribution in [0.25, 0.3) is 5.78 Å². The third kappa shape index (κ3) is 2.38. The molecule has 0 radical (unpaired) electrons. The minimum Gasteiger partial charge on any atom is -0.481 e. The van der Waals surface area contributed by atoms with Crippen molar-refractivity contribution in [3.8, 4) is 0 Å². The van der Waals surface area contributed by atoms with Gasteiger partial charge in [-0.05, 0) is 26.3 Å². The maximum Gasteiger partial charge on any atom is 0.311 e. The van der Waals surface area contributed by atoms with Gasteiger partial charge in [0.25, 0.3) is 11.7 Å². The molecule has 25 heavy (non-hydrogen) atoms. The molecule has 132 valence electrons. The summed E-state index contributed by atoms with van der Waals surface area (Å²) < 4.78 is 6.95. The third-order valence-corrected chi connectivity index (χ3v) is 5.23. The summed E-state index contributed by atoms with van der Waals surface area (Å²) in [5.74, 6) is -1.03. The van der Waals surface area contributed by atoms with Gasteiger partial charge in [-0.15, -0.1) is 5.10 Å². The number of amides is 1. The molecule has 2 aliphatic heterocycles. The van der Waals surface area contributed by atoms with E-state index in [9.17, 15) is 14.7 Å². The van der Waals surface area contributed by atoms with Crippen LogP contribution in [0.4, 0.5) is 0 Å². The molecule has 2 atom stereocenters. The predicted octanol–water partition coefficient (Wildman–Crippen LogP) is 0.304. The van der Waals surface area contributed by atoms with Crippen LogP contribution in [0, 0.1) is 25.2 Å². The fourth-order valence-corrected chi connectivity index (χ4v) is 3.85. The topological polar surface area (TPSA) is 110 Å². The van der Waals surface area contributed by atoms with Gasteiger partial charge in [-0.2, -0.15) is 4.98 Å². The van der Waals surface area contributed by atoms with E-state index in [-0.39, 0.29) is 24.2 Å². The van der Waals surface area contributed by atoms with E-state index in [1.165, 1.54) is 9.42 Å². The summed E-state index contributed by atoms with van der Waals surface area (Å²) in [6, 6.07) is 1.86. The number of carbonyl (C=O) groups excluding carboxylic acids is 1. The highest BCUT2D eigenvalue weighted by Crippen LogP contribution is 2.42. The molecule has 0 unspecified atom stereocenters. The van der Waals surface area contributed by atoms with Crippen LogP contribution in [-0.2, 0) is 9.53 Å². The maximum absolute atomic E-state index is 12.8. The Kier molecular flexibility index (Phi) is 3.50. The quantitative estimate of drug-likeness (QED) is 0.834. The number of carboxylic acid groups (broad SMARTS) is 1. The van der Waals surface area contributed by atoms with Gasteiger partial charge in [-0.1, -0.05) is 0 Å². The summed E-state index contributed by atoms with van der Waals surface area (Å²) in [7, 11) is 0. The molecule has 1 N–H and O–H groups in total. The lowest BCUT2D eigenvalue weighted by Crippen LogP contribution is -2.45. The van der Waals surface area contributed by atoms with E-state index < -0.39 is 11.4 Å². The lowest BCUT2D eigenvalue weighted by atomic mass is 9.74. The first kappa shape index (κ1) is 15.9. The zero-order chi connectivity index (χ0) is 17.8. The van der Waals surface area contributed by atoms with Crippen molar-refractivity contribution < 1.29 is 19.4 Å². The van der Waals surface area contributed by atoms with Crippen molar-refractivity contribution in [1.82, 2.24) is 24.5 Å². The summed E-state index contributed by atoms with van der Waals surface area (Å²) in [5.41, 5.74) is 0.697. The highest BCUT2D eigenvalue weighted by molar-refractivity contribution is 5.92. The van der Waals surface area contributed by atoms with Gasteiger partial charge >= 0.3 is 5.97 Å². The zero-order valence-electron chi connectivity index (χ0n) is 14.1. The first-order valence-corrected chi connectivity index (χ1v) is 8.22. The Balaban J connectivity index is 1.66. The molecule has 0 spiro atoms. The van der Waals surface area contributed by atoms with E-state index >= 15 is 0 Å². The van der Waals surface area contributed by atoms with Gasteiger partial charge in [0.05, 0.1) is 12.0 Å².